The zero-order chi connectivity index (χ0) is 13.5. The van der Waals surface area contributed by atoms with Gasteiger partial charge in [-0.3, -0.25) is 0 Å². The molecule has 0 saturated carbocycles. The highest BCUT2D eigenvalue weighted by molar-refractivity contribution is 6.27. The monoisotopic (exact) mass is 247 g/mol. The van der Waals surface area contributed by atoms with Gasteiger partial charge in [-0.1, -0.05) is 42.5 Å². The van der Waals surface area contributed by atoms with Crippen molar-refractivity contribution >= 4 is 22.7 Å². The summed E-state index contributed by atoms with van der Waals surface area (Å²) < 4.78 is 0. The van der Waals surface area contributed by atoms with Gasteiger partial charge in [0.05, 0.1) is 0 Å². The third-order valence-corrected chi connectivity index (χ3v) is 2.28. The van der Waals surface area contributed by atoms with Crippen molar-refractivity contribution in [2.45, 2.75) is 6.54 Å². The molecule has 0 unspecified atom stereocenters. The third kappa shape index (κ3) is 3.57. The molecule has 0 aliphatic heterocycles. The molecule has 0 atom stereocenters. The van der Waals surface area contributed by atoms with E-state index in [4.69, 9.17) is 25.5 Å². The van der Waals surface area contributed by atoms with E-state index in [2.05, 4.69) is 24.3 Å². The molecule has 0 fully saturated rings. The van der Waals surface area contributed by atoms with Crippen LogP contribution in [0, 0.1) is 0 Å². The van der Waals surface area contributed by atoms with Gasteiger partial charge in [-0.15, -0.1) is 0 Å². The lowest BCUT2D eigenvalue weighted by atomic mass is 10.1. The fourth-order valence-electron chi connectivity index (χ4n) is 1.47. The maximum absolute atomic E-state index is 9.10. The number of nitrogens with two attached hydrogens (primary N) is 1. The molecule has 0 bridgehead atoms. The molecule has 0 heterocycles. The van der Waals surface area contributed by atoms with Gasteiger partial charge < -0.3 is 15.9 Å². The molecule has 0 radical (unpaired) electrons. The number of carboxylic acid groups (broad SMARTS) is 2. The topological polar surface area (TPSA) is 101 Å². The zero-order valence-corrected chi connectivity index (χ0v) is 9.54. The zero-order valence-electron chi connectivity index (χ0n) is 9.54. The number of carbonyl (C=O) groups is 2. The summed E-state index contributed by atoms with van der Waals surface area (Å²) >= 11 is 0. The fraction of sp³-hybridized carbons (Fsp3) is 0.0769. The minimum Gasteiger partial charge on any atom is -0.473 e. The predicted molar refractivity (Wildman–Crippen MR) is 67.1 cm³/mol. The van der Waals surface area contributed by atoms with Crippen molar-refractivity contribution in [1.29, 1.82) is 0 Å². The number of hydrogen-bond donors (Lipinski definition) is 3. The van der Waals surface area contributed by atoms with Crippen molar-refractivity contribution in [1.82, 2.24) is 0 Å². The minimum atomic E-state index is -1.82. The van der Waals surface area contributed by atoms with Crippen LogP contribution in [-0.2, 0) is 16.1 Å². The van der Waals surface area contributed by atoms with Gasteiger partial charge in [0.15, 0.2) is 0 Å². The van der Waals surface area contributed by atoms with E-state index in [0.717, 1.165) is 0 Å². The lowest BCUT2D eigenvalue weighted by molar-refractivity contribution is -0.159. The Hall–Kier alpha value is -2.40. The smallest absolute Gasteiger partial charge is 0.414 e. The van der Waals surface area contributed by atoms with Crippen molar-refractivity contribution in [3.8, 4) is 0 Å². The summed E-state index contributed by atoms with van der Waals surface area (Å²) in [6.45, 7) is 0.612. The molecule has 2 rings (SSSR count). The van der Waals surface area contributed by atoms with Gasteiger partial charge in [-0.25, -0.2) is 9.59 Å². The van der Waals surface area contributed by atoms with Crippen LogP contribution in [0.2, 0.25) is 0 Å². The number of carboxylic acids is 2. The van der Waals surface area contributed by atoms with E-state index in [0.29, 0.717) is 6.54 Å². The largest absolute Gasteiger partial charge is 0.473 e. The number of hydrogen-bond acceptors (Lipinski definition) is 3. The van der Waals surface area contributed by atoms with Crippen LogP contribution in [0.3, 0.4) is 0 Å². The van der Waals surface area contributed by atoms with Crippen molar-refractivity contribution < 1.29 is 19.8 Å². The molecule has 2 aromatic rings. The van der Waals surface area contributed by atoms with Gasteiger partial charge in [0, 0.05) is 6.54 Å². The molecule has 0 aliphatic carbocycles. The first-order valence-corrected chi connectivity index (χ1v) is 5.19. The van der Waals surface area contributed by atoms with E-state index in [1.165, 1.54) is 16.3 Å². The van der Waals surface area contributed by atoms with Gasteiger partial charge in [0.2, 0.25) is 0 Å². The first-order valence-electron chi connectivity index (χ1n) is 5.19. The summed E-state index contributed by atoms with van der Waals surface area (Å²) in [4.78, 5) is 18.2. The first-order chi connectivity index (χ1) is 8.56. The highest BCUT2D eigenvalue weighted by atomic mass is 16.4. The van der Waals surface area contributed by atoms with Gasteiger partial charge in [-0.05, 0) is 16.3 Å². The summed E-state index contributed by atoms with van der Waals surface area (Å²) in [5.74, 6) is -3.65. The highest BCUT2D eigenvalue weighted by Gasteiger charge is 2.04. The first kappa shape index (κ1) is 13.7. The lowest BCUT2D eigenvalue weighted by Gasteiger charge is -2.02. The van der Waals surface area contributed by atoms with E-state index in [-0.39, 0.29) is 0 Å². The van der Waals surface area contributed by atoms with Crippen LogP contribution in [-0.4, -0.2) is 22.2 Å². The quantitative estimate of drug-likeness (QED) is 0.662. The summed E-state index contributed by atoms with van der Waals surface area (Å²) in [7, 11) is 0. The van der Waals surface area contributed by atoms with Crippen LogP contribution in [0.5, 0.6) is 0 Å². The van der Waals surface area contributed by atoms with Crippen molar-refractivity contribution in [3.05, 3.63) is 48.0 Å². The van der Waals surface area contributed by atoms with E-state index in [1.54, 1.807) is 0 Å². The normalized spacial score (nSPS) is 9.39. The molecular formula is C13H13NO4. The van der Waals surface area contributed by atoms with E-state index < -0.39 is 11.9 Å². The molecule has 4 N–H and O–H groups in total. The van der Waals surface area contributed by atoms with Crippen molar-refractivity contribution in [2.75, 3.05) is 0 Å². The Morgan fingerprint density at radius 1 is 0.944 bits per heavy atom. The lowest BCUT2D eigenvalue weighted by Crippen LogP contribution is -2.09. The van der Waals surface area contributed by atoms with E-state index in [1.807, 2.05) is 18.2 Å². The van der Waals surface area contributed by atoms with Crippen LogP contribution >= 0.6 is 0 Å². The molecule has 5 heteroatoms. The molecule has 18 heavy (non-hydrogen) atoms. The maximum atomic E-state index is 9.10. The molecule has 0 spiro atoms. The van der Waals surface area contributed by atoms with Crippen LogP contribution < -0.4 is 5.73 Å². The molecule has 5 nitrogen and oxygen atoms in total. The highest BCUT2D eigenvalue weighted by Crippen LogP contribution is 2.17. The number of fused-ring (bicyclic) bond motifs is 1. The Balaban J connectivity index is 0.000000232. The average Bonchev–Trinajstić information content (AvgIpc) is 2.38. The summed E-state index contributed by atoms with van der Waals surface area (Å²) in [6.07, 6.45) is 0. The average molecular weight is 247 g/mol. The van der Waals surface area contributed by atoms with E-state index >= 15 is 0 Å². The van der Waals surface area contributed by atoms with Crippen LogP contribution in [0.25, 0.3) is 10.8 Å². The number of benzene rings is 2. The summed E-state index contributed by atoms with van der Waals surface area (Å²) in [5.41, 5.74) is 6.83. The Morgan fingerprint density at radius 3 is 2.06 bits per heavy atom. The van der Waals surface area contributed by atoms with Crippen molar-refractivity contribution in [3.63, 3.8) is 0 Å². The number of aliphatic carboxylic acids is 2. The van der Waals surface area contributed by atoms with Crippen LogP contribution in [0.15, 0.2) is 42.5 Å². The summed E-state index contributed by atoms with van der Waals surface area (Å²) in [5, 5.41) is 17.3. The van der Waals surface area contributed by atoms with Crippen LogP contribution in [0.1, 0.15) is 5.56 Å². The Bertz CT molecular complexity index is 548. The standard InChI is InChI=1S/C11H11N.C2H2O4/c12-8-10-6-3-5-9-4-1-2-7-11(9)10;3-1(4)2(5)6/h1-7H,8,12H2;(H,3,4)(H,5,6). The Labute approximate surface area is 103 Å². The van der Waals surface area contributed by atoms with Crippen LogP contribution in [0.4, 0.5) is 0 Å². The Kier molecular flexibility index (Phi) is 4.83. The number of rotatable bonds is 1. The van der Waals surface area contributed by atoms with Gasteiger partial charge in [0.25, 0.3) is 0 Å². The molecule has 0 amide bonds. The predicted octanol–water partition coefficient (Wildman–Crippen LogP) is 1.45. The molecule has 0 saturated heterocycles. The van der Waals surface area contributed by atoms with Crippen molar-refractivity contribution in [2.24, 2.45) is 5.73 Å². The molecular weight excluding hydrogens is 234 g/mol. The second-order valence-electron chi connectivity index (χ2n) is 3.45. The molecule has 0 aromatic heterocycles. The maximum Gasteiger partial charge on any atom is 0.414 e. The summed E-state index contributed by atoms with van der Waals surface area (Å²) in [6, 6.07) is 14.5. The van der Waals surface area contributed by atoms with E-state index in [9.17, 15) is 0 Å². The second kappa shape index (κ2) is 6.36. The third-order valence-electron chi connectivity index (χ3n) is 2.28. The van der Waals surface area contributed by atoms with Gasteiger partial charge >= 0.3 is 11.9 Å². The minimum absolute atomic E-state index is 0.612. The second-order valence-corrected chi connectivity index (χ2v) is 3.45. The SMILES string of the molecule is NCc1cccc2ccccc12.O=C(O)C(=O)O. The Morgan fingerprint density at radius 2 is 1.50 bits per heavy atom. The molecule has 2 aromatic carbocycles. The van der Waals surface area contributed by atoms with Gasteiger partial charge in [0.1, 0.15) is 0 Å². The molecule has 94 valence electrons. The van der Waals surface area contributed by atoms with Gasteiger partial charge in [-0.2, -0.15) is 0 Å². The fourth-order valence-corrected chi connectivity index (χ4v) is 1.47. The molecule has 0 aliphatic rings.